The van der Waals surface area contributed by atoms with Gasteiger partial charge in [0.05, 0.1) is 13.1 Å². The number of rotatable bonds is 0. The second-order valence-corrected chi connectivity index (χ2v) is 4.51. The third-order valence-electron chi connectivity index (χ3n) is 3.17. The van der Waals surface area contributed by atoms with E-state index in [2.05, 4.69) is 12.8 Å². The lowest BCUT2D eigenvalue weighted by Gasteiger charge is -2.28. The summed E-state index contributed by atoms with van der Waals surface area (Å²) < 4.78 is 0. The molecule has 0 spiro atoms. The molecule has 8 heteroatoms. The van der Waals surface area contributed by atoms with Gasteiger partial charge >= 0.3 is 0 Å². The topological polar surface area (TPSA) is 108 Å². The van der Waals surface area contributed by atoms with Gasteiger partial charge < -0.3 is 14.7 Å². The Balaban J connectivity index is 2.84. The van der Waals surface area contributed by atoms with Crippen molar-refractivity contribution in [2.24, 2.45) is 0 Å². The van der Waals surface area contributed by atoms with E-state index in [0.29, 0.717) is 45.0 Å². The molecule has 1 aliphatic heterocycles. The summed E-state index contributed by atoms with van der Waals surface area (Å²) in [5, 5.41) is 36.3. The predicted octanol–water partition coefficient (Wildman–Crippen LogP) is -0.354. The van der Waals surface area contributed by atoms with Crippen LogP contribution in [0.1, 0.15) is 0 Å². The molecule has 0 amide bonds. The van der Waals surface area contributed by atoms with Gasteiger partial charge in [0.25, 0.3) is 0 Å². The van der Waals surface area contributed by atoms with Crippen molar-refractivity contribution in [3.8, 4) is 24.8 Å². The Morgan fingerprint density at radius 3 is 1.52 bits per heavy atom. The fraction of sp³-hybridized carbons (Fsp3) is 0.538. The van der Waals surface area contributed by atoms with Gasteiger partial charge in [-0.1, -0.05) is 6.58 Å². The fourth-order valence-corrected chi connectivity index (χ4v) is 1.88. The van der Waals surface area contributed by atoms with Crippen molar-refractivity contribution in [1.82, 2.24) is 19.6 Å². The van der Waals surface area contributed by atoms with Crippen molar-refractivity contribution in [1.29, 1.82) is 21.0 Å². The number of nitrogens with zero attached hydrogens (tertiary/aromatic N) is 8. The van der Waals surface area contributed by atoms with Crippen LogP contribution in [0.4, 0.5) is 0 Å². The molecule has 8 nitrogen and oxygen atoms in total. The monoisotopic (exact) mass is 284 g/mol. The highest BCUT2D eigenvalue weighted by atomic mass is 15.3. The molecule has 0 saturated carbocycles. The van der Waals surface area contributed by atoms with Crippen LogP contribution in [0.2, 0.25) is 0 Å². The second kappa shape index (κ2) is 8.15. The summed E-state index contributed by atoms with van der Waals surface area (Å²) in [5.74, 6) is 0. The summed E-state index contributed by atoms with van der Waals surface area (Å²) in [6, 6.07) is 0. The van der Waals surface area contributed by atoms with Gasteiger partial charge in [-0.05, 0) is 0 Å². The van der Waals surface area contributed by atoms with Gasteiger partial charge in [-0.15, -0.1) is 0 Å². The molecular weight excluding hydrogens is 268 g/mol. The van der Waals surface area contributed by atoms with Crippen LogP contribution in [0, 0.1) is 45.8 Å². The Kier molecular flexibility index (Phi) is 6.19. The maximum Gasteiger partial charge on any atom is 0.184 e. The largest absolute Gasteiger partial charge is 0.307 e. The summed E-state index contributed by atoms with van der Waals surface area (Å²) in [5.41, 5.74) is 0.501. The van der Waals surface area contributed by atoms with E-state index in [1.807, 2.05) is 18.6 Å². The molecule has 1 rings (SSSR count). The van der Waals surface area contributed by atoms with Crippen LogP contribution in [-0.4, -0.2) is 65.4 Å². The van der Waals surface area contributed by atoms with Crippen LogP contribution < -0.4 is 0 Å². The summed E-state index contributed by atoms with van der Waals surface area (Å²) in [4.78, 5) is 5.87. The zero-order valence-corrected chi connectivity index (χ0v) is 11.7. The summed E-state index contributed by atoms with van der Waals surface area (Å²) in [6.07, 6.45) is 8.15. The van der Waals surface area contributed by atoms with E-state index >= 15 is 0 Å². The van der Waals surface area contributed by atoms with E-state index in [1.165, 1.54) is 19.6 Å². The molecule has 1 heterocycles. The van der Waals surface area contributed by atoms with Crippen LogP contribution in [-0.2, 0) is 0 Å². The molecule has 0 aliphatic carbocycles. The van der Waals surface area contributed by atoms with Crippen molar-refractivity contribution >= 4 is 0 Å². The van der Waals surface area contributed by atoms with Gasteiger partial charge in [-0.2, -0.15) is 21.0 Å². The number of hydrogen-bond acceptors (Lipinski definition) is 8. The molecular formula is C13H16N8. The maximum absolute atomic E-state index is 9.13. The first-order valence-corrected chi connectivity index (χ1v) is 6.43. The minimum absolute atomic E-state index is 0.232. The second-order valence-electron chi connectivity index (χ2n) is 4.51. The van der Waals surface area contributed by atoms with E-state index < -0.39 is 0 Å². The summed E-state index contributed by atoms with van der Waals surface area (Å²) in [7, 11) is 0. The van der Waals surface area contributed by atoms with Crippen LogP contribution in [0.3, 0.4) is 0 Å². The Hall–Kier alpha value is -3.10. The van der Waals surface area contributed by atoms with Gasteiger partial charge in [0.15, 0.2) is 24.8 Å². The van der Waals surface area contributed by atoms with Crippen molar-refractivity contribution in [2.45, 2.75) is 0 Å². The minimum atomic E-state index is 0.232. The van der Waals surface area contributed by atoms with Gasteiger partial charge in [0, 0.05) is 38.4 Å². The smallest absolute Gasteiger partial charge is 0.184 e. The van der Waals surface area contributed by atoms with E-state index in [9.17, 15) is 0 Å². The van der Waals surface area contributed by atoms with Crippen molar-refractivity contribution in [2.75, 3.05) is 45.8 Å². The summed E-state index contributed by atoms with van der Waals surface area (Å²) in [6.45, 7) is 6.32. The van der Waals surface area contributed by atoms with Crippen LogP contribution in [0.5, 0.6) is 0 Å². The first-order chi connectivity index (χ1) is 10.1. The molecule has 0 aromatic rings. The minimum Gasteiger partial charge on any atom is -0.307 e. The Bertz CT molecular complexity index is 528. The highest BCUT2D eigenvalue weighted by Crippen LogP contribution is 2.05. The molecule has 0 radical (unpaired) electrons. The van der Waals surface area contributed by atoms with E-state index in [1.54, 1.807) is 0 Å². The normalized spacial score (nSPS) is 17.6. The lowest BCUT2D eigenvalue weighted by Crippen LogP contribution is -2.40. The van der Waals surface area contributed by atoms with Gasteiger partial charge in [0.1, 0.15) is 0 Å². The van der Waals surface area contributed by atoms with E-state index in [0.717, 1.165) is 0 Å². The predicted molar refractivity (Wildman–Crippen MR) is 73.0 cm³/mol. The van der Waals surface area contributed by atoms with Crippen LogP contribution in [0.15, 0.2) is 12.3 Å². The standard InChI is InChI=1S/C13H16N8/c1-13-8-20(11-16)5-4-18(9-14)2-3-19(10-15)6-7-21(13)12-17/h1-8H2. The molecule has 0 aromatic carbocycles. The zero-order chi connectivity index (χ0) is 15.7. The number of nitriles is 4. The molecule has 0 aromatic heterocycles. The molecule has 0 bridgehead atoms. The lowest BCUT2D eigenvalue weighted by molar-refractivity contribution is 0.256. The van der Waals surface area contributed by atoms with Gasteiger partial charge in [-0.3, -0.25) is 4.90 Å². The molecule has 0 N–H and O–H groups in total. The quantitative estimate of drug-likeness (QED) is 0.555. The zero-order valence-electron chi connectivity index (χ0n) is 11.7. The third-order valence-corrected chi connectivity index (χ3v) is 3.17. The highest BCUT2D eigenvalue weighted by molar-refractivity contribution is 5.05. The average molecular weight is 284 g/mol. The first-order valence-electron chi connectivity index (χ1n) is 6.43. The molecule has 21 heavy (non-hydrogen) atoms. The molecule has 1 fully saturated rings. The SMILES string of the molecule is C=C1CN(C#N)CCN(C#N)CCN(C#N)CCN1C#N. The molecule has 1 saturated heterocycles. The highest BCUT2D eigenvalue weighted by Gasteiger charge is 2.16. The maximum atomic E-state index is 9.13. The lowest BCUT2D eigenvalue weighted by atomic mass is 10.3. The molecule has 0 atom stereocenters. The molecule has 108 valence electrons. The van der Waals surface area contributed by atoms with Gasteiger partial charge in [0.2, 0.25) is 0 Å². The van der Waals surface area contributed by atoms with Gasteiger partial charge in [-0.25, -0.2) is 0 Å². The Labute approximate surface area is 124 Å². The van der Waals surface area contributed by atoms with Crippen molar-refractivity contribution in [3.63, 3.8) is 0 Å². The molecule has 1 aliphatic rings. The van der Waals surface area contributed by atoms with Crippen molar-refractivity contribution in [3.05, 3.63) is 12.3 Å². The first kappa shape index (κ1) is 16.0. The molecule has 0 unspecified atom stereocenters. The average Bonchev–Trinajstić information content (AvgIpc) is 2.50. The van der Waals surface area contributed by atoms with E-state index in [-0.39, 0.29) is 6.54 Å². The fourth-order valence-electron chi connectivity index (χ4n) is 1.88. The third kappa shape index (κ3) is 4.82. The Morgan fingerprint density at radius 1 is 0.667 bits per heavy atom. The van der Waals surface area contributed by atoms with Crippen LogP contribution >= 0.6 is 0 Å². The van der Waals surface area contributed by atoms with E-state index in [4.69, 9.17) is 21.0 Å². The number of hydrogen-bond donors (Lipinski definition) is 0. The van der Waals surface area contributed by atoms with Crippen molar-refractivity contribution < 1.29 is 0 Å². The van der Waals surface area contributed by atoms with Crippen LogP contribution in [0.25, 0.3) is 0 Å². The Morgan fingerprint density at radius 2 is 1.10 bits per heavy atom. The summed E-state index contributed by atoms with van der Waals surface area (Å²) >= 11 is 0.